The van der Waals surface area contributed by atoms with Gasteiger partial charge in [-0.3, -0.25) is 0 Å². The maximum Gasteiger partial charge on any atom is 0.234 e. The van der Waals surface area contributed by atoms with Gasteiger partial charge < -0.3 is 10.5 Å². The van der Waals surface area contributed by atoms with E-state index in [1.54, 1.807) is 11.6 Å². The minimum Gasteiger partial charge on any atom is -0.377 e. The number of rotatable bonds is 6. The number of unbranched alkanes of at least 4 members (excludes halogenated alkanes) is 1. The molecule has 1 atom stereocenters. The van der Waals surface area contributed by atoms with Crippen molar-refractivity contribution in [1.82, 2.24) is 19.8 Å². The molecule has 0 aliphatic heterocycles. The van der Waals surface area contributed by atoms with Crippen LogP contribution in [-0.2, 0) is 11.3 Å². The lowest BCUT2D eigenvalue weighted by Crippen LogP contribution is -2.10. The third-order valence-corrected chi connectivity index (χ3v) is 3.56. The molecular weight excluding hydrogens is 238 g/mol. The normalized spacial score (nSPS) is 13.4. The maximum atomic E-state index is 6.08. The van der Waals surface area contributed by atoms with E-state index in [1.165, 1.54) is 11.3 Å². The Balaban J connectivity index is 2.19. The smallest absolute Gasteiger partial charge is 0.234 e. The SMILES string of the molecule is CCCCC(N)c1nn2c(COC)nnc2s1. The Kier molecular flexibility index (Phi) is 4.03. The van der Waals surface area contributed by atoms with Crippen molar-refractivity contribution in [2.75, 3.05) is 7.11 Å². The van der Waals surface area contributed by atoms with Crippen LogP contribution in [0.2, 0.25) is 0 Å². The summed E-state index contributed by atoms with van der Waals surface area (Å²) in [5.74, 6) is 0.715. The molecule has 2 rings (SSSR count). The van der Waals surface area contributed by atoms with E-state index in [1.807, 2.05) is 0 Å². The third-order valence-electron chi connectivity index (χ3n) is 2.53. The van der Waals surface area contributed by atoms with Crippen LogP contribution in [0.3, 0.4) is 0 Å². The summed E-state index contributed by atoms with van der Waals surface area (Å²) in [4.78, 5) is 0.777. The van der Waals surface area contributed by atoms with Gasteiger partial charge in [-0.15, -0.1) is 10.2 Å². The first-order valence-corrected chi connectivity index (χ1v) is 6.53. The Morgan fingerprint density at radius 1 is 1.47 bits per heavy atom. The molecule has 17 heavy (non-hydrogen) atoms. The molecule has 0 radical (unpaired) electrons. The molecular formula is C10H17N5OS. The van der Waals surface area contributed by atoms with Crippen molar-refractivity contribution in [3.8, 4) is 0 Å². The number of nitrogens with zero attached hydrogens (tertiary/aromatic N) is 4. The van der Waals surface area contributed by atoms with Crippen LogP contribution in [0.25, 0.3) is 4.96 Å². The molecule has 2 aromatic rings. The van der Waals surface area contributed by atoms with E-state index >= 15 is 0 Å². The lowest BCUT2D eigenvalue weighted by Gasteiger charge is -2.05. The molecule has 0 aromatic carbocycles. The number of hydrogen-bond acceptors (Lipinski definition) is 6. The fourth-order valence-corrected chi connectivity index (χ4v) is 2.48. The van der Waals surface area contributed by atoms with Crippen molar-refractivity contribution in [1.29, 1.82) is 0 Å². The number of fused-ring (bicyclic) bond motifs is 1. The molecule has 0 saturated heterocycles. The van der Waals surface area contributed by atoms with E-state index in [2.05, 4.69) is 22.2 Å². The van der Waals surface area contributed by atoms with Gasteiger partial charge in [-0.2, -0.15) is 9.61 Å². The molecule has 6 nitrogen and oxygen atoms in total. The summed E-state index contributed by atoms with van der Waals surface area (Å²) in [6.07, 6.45) is 3.22. The number of hydrogen-bond donors (Lipinski definition) is 1. The van der Waals surface area contributed by atoms with Gasteiger partial charge in [0.15, 0.2) is 5.82 Å². The predicted octanol–water partition coefficient (Wildman–Crippen LogP) is 1.52. The Morgan fingerprint density at radius 3 is 3.00 bits per heavy atom. The topological polar surface area (TPSA) is 78.3 Å². The van der Waals surface area contributed by atoms with Gasteiger partial charge in [-0.25, -0.2) is 0 Å². The maximum absolute atomic E-state index is 6.08. The van der Waals surface area contributed by atoms with E-state index in [9.17, 15) is 0 Å². The molecule has 0 fully saturated rings. The highest BCUT2D eigenvalue weighted by atomic mass is 32.1. The third kappa shape index (κ3) is 2.62. The molecule has 1 unspecified atom stereocenters. The Labute approximate surface area is 104 Å². The Bertz CT molecular complexity index is 480. The van der Waals surface area contributed by atoms with Crippen LogP contribution in [0.4, 0.5) is 0 Å². The predicted molar refractivity (Wildman–Crippen MR) is 65.8 cm³/mol. The first kappa shape index (κ1) is 12.4. The van der Waals surface area contributed by atoms with Crippen molar-refractivity contribution >= 4 is 16.3 Å². The first-order chi connectivity index (χ1) is 8.26. The standard InChI is InChI=1S/C10H17N5OS/c1-3-4-5-7(11)9-14-15-8(6-16-2)12-13-10(15)17-9/h7H,3-6,11H2,1-2H3. The monoisotopic (exact) mass is 255 g/mol. The first-order valence-electron chi connectivity index (χ1n) is 5.71. The highest BCUT2D eigenvalue weighted by Gasteiger charge is 2.15. The van der Waals surface area contributed by atoms with Crippen molar-refractivity contribution in [2.45, 2.75) is 38.8 Å². The van der Waals surface area contributed by atoms with Gasteiger partial charge in [0.25, 0.3) is 0 Å². The quantitative estimate of drug-likeness (QED) is 0.846. The van der Waals surface area contributed by atoms with Crippen molar-refractivity contribution < 1.29 is 4.74 Å². The van der Waals surface area contributed by atoms with E-state index in [4.69, 9.17) is 10.5 Å². The van der Waals surface area contributed by atoms with Gasteiger partial charge in [0.05, 0.1) is 6.04 Å². The van der Waals surface area contributed by atoms with E-state index < -0.39 is 0 Å². The zero-order valence-electron chi connectivity index (χ0n) is 10.1. The fraction of sp³-hybridized carbons (Fsp3) is 0.700. The van der Waals surface area contributed by atoms with Crippen molar-refractivity contribution in [3.63, 3.8) is 0 Å². The Hall–Kier alpha value is -1.05. The summed E-state index contributed by atoms with van der Waals surface area (Å²) in [7, 11) is 1.63. The van der Waals surface area contributed by atoms with Crippen LogP contribution in [0, 0.1) is 0 Å². The number of nitrogens with two attached hydrogens (primary N) is 1. The number of aromatic nitrogens is 4. The lowest BCUT2D eigenvalue weighted by atomic mass is 10.1. The van der Waals surface area contributed by atoms with Gasteiger partial charge in [0, 0.05) is 7.11 Å². The van der Waals surface area contributed by atoms with Crippen LogP contribution in [0.5, 0.6) is 0 Å². The molecule has 2 aromatic heterocycles. The summed E-state index contributed by atoms with van der Waals surface area (Å²) >= 11 is 1.50. The average Bonchev–Trinajstić information content (AvgIpc) is 2.88. The average molecular weight is 255 g/mol. The molecule has 0 amide bonds. The minimum atomic E-state index is -0.00274. The van der Waals surface area contributed by atoms with Gasteiger partial charge in [-0.1, -0.05) is 31.1 Å². The molecule has 0 saturated carbocycles. The zero-order valence-corrected chi connectivity index (χ0v) is 10.9. The number of ether oxygens (including phenoxy) is 1. The van der Waals surface area contributed by atoms with Crippen molar-refractivity contribution in [2.24, 2.45) is 5.73 Å². The van der Waals surface area contributed by atoms with E-state index in [-0.39, 0.29) is 6.04 Å². The number of methoxy groups -OCH3 is 1. The van der Waals surface area contributed by atoms with Gasteiger partial charge in [-0.05, 0) is 6.42 Å². The molecule has 2 N–H and O–H groups in total. The highest BCUT2D eigenvalue weighted by molar-refractivity contribution is 7.16. The molecule has 7 heteroatoms. The van der Waals surface area contributed by atoms with E-state index in [0.717, 1.165) is 29.2 Å². The molecule has 0 aliphatic rings. The second-order valence-electron chi connectivity index (χ2n) is 3.93. The summed E-state index contributed by atoms with van der Waals surface area (Å²) in [6.45, 7) is 2.57. The minimum absolute atomic E-state index is 0.00274. The highest BCUT2D eigenvalue weighted by Crippen LogP contribution is 2.22. The summed E-state index contributed by atoms with van der Waals surface area (Å²) < 4.78 is 6.76. The van der Waals surface area contributed by atoms with Crippen molar-refractivity contribution in [3.05, 3.63) is 10.8 Å². The largest absolute Gasteiger partial charge is 0.377 e. The molecule has 94 valence electrons. The fourth-order valence-electron chi connectivity index (χ4n) is 1.59. The van der Waals surface area contributed by atoms with Gasteiger partial charge in [0.1, 0.15) is 11.6 Å². The Morgan fingerprint density at radius 2 is 2.29 bits per heavy atom. The van der Waals surface area contributed by atoms with Gasteiger partial charge >= 0.3 is 0 Å². The second-order valence-corrected chi connectivity index (χ2v) is 4.92. The second kappa shape index (κ2) is 5.52. The van der Waals surface area contributed by atoms with Gasteiger partial charge in [0.2, 0.25) is 4.96 Å². The summed E-state index contributed by atoms with van der Waals surface area (Å²) in [5, 5.41) is 13.4. The van der Waals surface area contributed by atoms with Crippen LogP contribution in [-0.4, -0.2) is 26.9 Å². The zero-order chi connectivity index (χ0) is 12.3. The molecule has 0 bridgehead atoms. The van der Waals surface area contributed by atoms with Crippen LogP contribution in [0.15, 0.2) is 0 Å². The lowest BCUT2D eigenvalue weighted by molar-refractivity contribution is 0.176. The van der Waals surface area contributed by atoms with Crippen LogP contribution >= 0.6 is 11.3 Å². The molecule has 0 spiro atoms. The van der Waals surface area contributed by atoms with E-state index in [0.29, 0.717) is 12.4 Å². The summed E-state index contributed by atoms with van der Waals surface area (Å²) in [6, 6.07) is -0.00274. The summed E-state index contributed by atoms with van der Waals surface area (Å²) in [5.41, 5.74) is 6.08. The van der Waals surface area contributed by atoms with Crippen LogP contribution in [0.1, 0.15) is 43.1 Å². The molecule has 0 aliphatic carbocycles. The van der Waals surface area contributed by atoms with Crippen LogP contribution < -0.4 is 5.73 Å². The molecule has 2 heterocycles.